The summed E-state index contributed by atoms with van der Waals surface area (Å²) < 4.78 is 1.59. The maximum Gasteiger partial charge on any atom is 0.309 e. The van der Waals surface area contributed by atoms with E-state index in [0.29, 0.717) is 10.7 Å². The Kier molecular flexibility index (Phi) is 3.22. The van der Waals surface area contributed by atoms with E-state index in [-0.39, 0.29) is 6.42 Å². The van der Waals surface area contributed by atoms with Crippen LogP contribution in [0, 0.1) is 0 Å². The van der Waals surface area contributed by atoms with Gasteiger partial charge in [0.2, 0.25) is 0 Å². The maximum absolute atomic E-state index is 10.4. The van der Waals surface area contributed by atoms with Crippen LogP contribution in [0.15, 0.2) is 5.03 Å². The number of carboxylic acids is 1. The van der Waals surface area contributed by atoms with E-state index in [0.717, 1.165) is 5.03 Å². The lowest BCUT2D eigenvalue weighted by Gasteiger charge is -1.94. The van der Waals surface area contributed by atoms with Crippen LogP contribution >= 0.6 is 23.4 Å². The van der Waals surface area contributed by atoms with E-state index in [9.17, 15) is 4.79 Å². The normalized spacial score (nSPS) is 10.4. The number of hydrogen-bond donors (Lipinski definition) is 1. The number of nitrogens with zero attached hydrogens (tertiary/aromatic N) is 2. The lowest BCUT2D eigenvalue weighted by molar-refractivity contribution is -0.136. The molecule has 0 aromatic carbocycles. The van der Waals surface area contributed by atoms with Gasteiger partial charge in [-0.3, -0.25) is 9.48 Å². The number of aliphatic carboxylic acids is 1. The Morgan fingerprint density at radius 2 is 2.38 bits per heavy atom. The summed E-state index contributed by atoms with van der Waals surface area (Å²) in [5, 5.41) is 13.8. The van der Waals surface area contributed by atoms with Crippen molar-refractivity contribution >= 4 is 29.3 Å². The first kappa shape index (κ1) is 10.4. The van der Waals surface area contributed by atoms with E-state index in [1.807, 2.05) is 6.26 Å². The van der Waals surface area contributed by atoms with Gasteiger partial charge in [0.05, 0.1) is 17.1 Å². The number of hydrogen-bond acceptors (Lipinski definition) is 3. The molecule has 0 aliphatic heterocycles. The summed E-state index contributed by atoms with van der Waals surface area (Å²) in [4.78, 5) is 10.4. The number of halogens is 1. The molecule has 0 aliphatic rings. The minimum Gasteiger partial charge on any atom is -0.481 e. The first-order chi connectivity index (χ1) is 6.06. The van der Waals surface area contributed by atoms with Crippen LogP contribution in [0.25, 0.3) is 0 Å². The summed E-state index contributed by atoms with van der Waals surface area (Å²) >= 11 is 7.35. The molecule has 0 spiro atoms. The van der Waals surface area contributed by atoms with Gasteiger partial charge in [-0.15, -0.1) is 11.8 Å². The van der Waals surface area contributed by atoms with Crippen molar-refractivity contribution in [3.8, 4) is 0 Å². The smallest absolute Gasteiger partial charge is 0.309 e. The zero-order valence-electron chi connectivity index (χ0n) is 7.24. The van der Waals surface area contributed by atoms with E-state index in [4.69, 9.17) is 16.7 Å². The molecule has 0 saturated heterocycles. The van der Waals surface area contributed by atoms with Gasteiger partial charge in [-0.05, 0) is 6.26 Å². The lowest BCUT2D eigenvalue weighted by atomic mass is 10.3. The quantitative estimate of drug-likeness (QED) is 0.783. The van der Waals surface area contributed by atoms with Gasteiger partial charge in [-0.2, -0.15) is 5.10 Å². The van der Waals surface area contributed by atoms with Crippen LogP contribution in [-0.4, -0.2) is 27.1 Å². The first-order valence-electron chi connectivity index (χ1n) is 3.53. The number of aromatic nitrogens is 2. The molecule has 4 nitrogen and oxygen atoms in total. The third-order valence-electron chi connectivity index (χ3n) is 1.52. The van der Waals surface area contributed by atoms with Crippen LogP contribution in [0.2, 0.25) is 5.02 Å². The molecule has 6 heteroatoms. The Bertz CT molecular complexity index is 337. The van der Waals surface area contributed by atoms with Gasteiger partial charge in [0.15, 0.2) is 0 Å². The van der Waals surface area contributed by atoms with Gasteiger partial charge in [0, 0.05) is 7.05 Å². The zero-order valence-corrected chi connectivity index (χ0v) is 8.82. The predicted molar refractivity (Wildman–Crippen MR) is 51.3 cm³/mol. The van der Waals surface area contributed by atoms with Crippen LogP contribution in [-0.2, 0) is 18.3 Å². The molecule has 1 aromatic rings. The van der Waals surface area contributed by atoms with Crippen molar-refractivity contribution in [1.82, 2.24) is 9.78 Å². The van der Waals surface area contributed by atoms with Crippen LogP contribution in [0.4, 0.5) is 0 Å². The third-order valence-corrected chi connectivity index (χ3v) is 2.88. The molecule has 0 amide bonds. The molecule has 0 unspecified atom stereocenters. The van der Waals surface area contributed by atoms with E-state index in [1.54, 1.807) is 11.7 Å². The fourth-order valence-electron chi connectivity index (χ4n) is 1.01. The Hall–Kier alpha value is -0.680. The SMILES string of the molecule is CSc1c(Cl)c(CC(=O)O)nn1C. The lowest BCUT2D eigenvalue weighted by Crippen LogP contribution is -2.01. The Morgan fingerprint density at radius 3 is 2.77 bits per heavy atom. The average Bonchev–Trinajstić information content (AvgIpc) is 2.26. The highest BCUT2D eigenvalue weighted by Crippen LogP contribution is 2.27. The number of thioether (sulfide) groups is 1. The molecule has 72 valence electrons. The van der Waals surface area contributed by atoms with Gasteiger partial charge in [-0.25, -0.2) is 0 Å². The highest BCUT2D eigenvalue weighted by molar-refractivity contribution is 7.98. The van der Waals surface area contributed by atoms with Crippen molar-refractivity contribution in [3.63, 3.8) is 0 Å². The zero-order chi connectivity index (χ0) is 10.0. The molecule has 1 heterocycles. The largest absolute Gasteiger partial charge is 0.481 e. The van der Waals surface area contributed by atoms with Crippen molar-refractivity contribution in [3.05, 3.63) is 10.7 Å². The van der Waals surface area contributed by atoms with E-state index >= 15 is 0 Å². The second-order valence-corrected chi connectivity index (χ2v) is 3.64. The summed E-state index contributed by atoms with van der Waals surface area (Å²) in [6.45, 7) is 0. The molecule has 0 radical (unpaired) electrons. The molecule has 0 bridgehead atoms. The Balaban J connectivity index is 3.03. The summed E-state index contributed by atoms with van der Waals surface area (Å²) in [6.07, 6.45) is 1.74. The van der Waals surface area contributed by atoms with Crippen molar-refractivity contribution in [2.45, 2.75) is 11.4 Å². The van der Waals surface area contributed by atoms with Gasteiger partial charge in [-0.1, -0.05) is 11.6 Å². The van der Waals surface area contributed by atoms with Crippen LogP contribution in [0.1, 0.15) is 5.69 Å². The Morgan fingerprint density at radius 1 is 1.77 bits per heavy atom. The topological polar surface area (TPSA) is 55.1 Å². The van der Waals surface area contributed by atoms with Crippen molar-refractivity contribution in [2.75, 3.05) is 6.26 Å². The molecular formula is C7H9ClN2O2S. The van der Waals surface area contributed by atoms with E-state index in [1.165, 1.54) is 11.8 Å². The molecule has 0 aliphatic carbocycles. The van der Waals surface area contributed by atoms with Crippen LogP contribution < -0.4 is 0 Å². The first-order valence-corrected chi connectivity index (χ1v) is 5.13. The average molecular weight is 221 g/mol. The molecular weight excluding hydrogens is 212 g/mol. The summed E-state index contributed by atoms with van der Waals surface area (Å²) in [6, 6.07) is 0. The van der Waals surface area contributed by atoms with Gasteiger partial charge in [0.1, 0.15) is 5.03 Å². The molecule has 1 aromatic heterocycles. The molecule has 1 N–H and O–H groups in total. The number of carbonyl (C=O) groups is 1. The van der Waals surface area contributed by atoms with Crippen molar-refractivity contribution in [2.24, 2.45) is 7.05 Å². The second-order valence-electron chi connectivity index (χ2n) is 2.46. The van der Waals surface area contributed by atoms with Crippen molar-refractivity contribution < 1.29 is 9.90 Å². The minimum atomic E-state index is -0.923. The fraction of sp³-hybridized carbons (Fsp3) is 0.429. The van der Waals surface area contributed by atoms with Crippen molar-refractivity contribution in [1.29, 1.82) is 0 Å². The third kappa shape index (κ3) is 2.16. The molecule has 0 atom stereocenters. The minimum absolute atomic E-state index is 0.132. The standard InChI is InChI=1S/C7H9ClN2O2S/c1-10-7(13-2)6(8)4(9-10)3-5(11)12/h3H2,1-2H3,(H,11,12). The highest BCUT2D eigenvalue weighted by Gasteiger charge is 2.15. The number of carboxylic acid groups (broad SMARTS) is 1. The fourth-order valence-corrected chi connectivity index (χ4v) is 2.07. The number of aryl methyl sites for hydroxylation is 1. The molecule has 13 heavy (non-hydrogen) atoms. The number of rotatable bonds is 3. The molecule has 0 saturated carbocycles. The van der Waals surface area contributed by atoms with Crippen LogP contribution in [0.5, 0.6) is 0 Å². The molecule has 0 fully saturated rings. The van der Waals surface area contributed by atoms with E-state index < -0.39 is 5.97 Å². The van der Waals surface area contributed by atoms with Crippen LogP contribution in [0.3, 0.4) is 0 Å². The monoisotopic (exact) mass is 220 g/mol. The van der Waals surface area contributed by atoms with Gasteiger partial charge >= 0.3 is 5.97 Å². The highest BCUT2D eigenvalue weighted by atomic mass is 35.5. The summed E-state index contributed by atoms with van der Waals surface area (Å²) in [5.41, 5.74) is 0.418. The predicted octanol–water partition coefficient (Wildman–Crippen LogP) is 1.42. The van der Waals surface area contributed by atoms with Gasteiger partial charge in [0.25, 0.3) is 0 Å². The summed E-state index contributed by atoms with van der Waals surface area (Å²) in [5.74, 6) is -0.923. The maximum atomic E-state index is 10.4. The van der Waals surface area contributed by atoms with Gasteiger partial charge < -0.3 is 5.11 Å². The second kappa shape index (κ2) is 4.02. The molecule has 1 rings (SSSR count). The summed E-state index contributed by atoms with van der Waals surface area (Å²) in [7, 11) is 1.74. The van der Waals surface area contributed by atoms with E-state index in [2.05, 4.69) is 5.10 Å². The Labute approximate surface area is 84.9 Å².